The van der Waals surface area contributed by atoms with Gasteiger partial charge in [-0.3, -0.25) is 14.8 Å². The highest BCUT2D eigenvalue weighted by atomic mass is 16.5. The molecule has 2 fully saturated rings. The van der Waals surface area contributed by atoms with E-state index in [1.54, 1.807) is 12.4 Å². The molecule has 0 aromatic carbocycles. The van der Waals surface area contributed by atoms with Crippen LogP contribution in [0.15, 0.2) is 24.5 Å². The van der Waals surface area contributed by atoms with E-state index >= 15 is 0 Å². The summed E-state index contributed by atoms with van der Waals surface area (Å²) in [4.78, 5) is 23.0. The Kier molecular flexibility index (Phi) is 6.40. The molecule has 0 radical (unpaired) electrons. The van der Waals surface area contributed by atoms with Crippen molar-refractivity contribution in [3.63, 3.8) is 0 Å². The predicted molar refractivity (Wildman–Crippen MR) is 91.7 cm³/mol. The van der Waals surface area contributed by atoms with Crippen molar-refractivity contribution in [3.05, 3.63) is 30.1 Å². The van der Waals surface area contributed by atoms with E-state index in [0.717, 1.165) is 71.1 Å². The zero-order chi connectivity index (χ0) is 16.6. The van der Waals surface area contributed by atoms with Gasteiger partial charge in [-0.2, -0.15) is 0 Å². The Hall–Kier alpha value is -1.70. The fourth-order valence-corrected chi connectivity index (χ4v) is 3.07. The number of nitrogens with one attached hydrogen (secondary N) is 1. The highest BCUT2D eigenvalue weighted by Gasteiger charge is 2.21. The molecule has 3 heterocycles. The number of ether oxygens (including phenoxy) is 1. The number of urea groups is 1. The topological polar surface area (TPSA) is 60.9 Å². The first kappa shape index (κ1) is 17.1. The quantitative estimate of drug-likeness (QED) is 0.836. The maximum absolute atomic E-state index is 12.2. The minimum Gasteiger partial charge on any atom is -0.379 e. The van der Waals surface area contributed by atoms with E-state index in [4.69, 9.17) is 4.74 Å². The van der Waals surface area contributed by atoms with Crippen molar-refractivity contribution in [2.45, 2.75) is 6.54 Å². The van der Waals surface area contributed by atoms with E-state index < -0.39 is 0 Å². The number of hydrogen-bond donors (Lipinski definition) is 1. The lowest BCUT2D eigenvalue weighted by molar-refractivity contribution is 0.0309. The Bertz CT molecular complexity index is 499. The van der Waals surface area contributed by atoms with Gasteiger partial charge in [0, 0.05) is 71.3 Å². The van der Waals surface area contributed by atoms with Gasteiger partial charge in [-0.05, 0) is 17.7 Å². The van der Waals surface area contributed by atoms with Gasteiger partial charge in [0.2, 0.25) is 0 Å². The SMILES string of the molecule is O=C(NCc1ccncc1)N1CCN(CCN2CCOCC2)CC1. The van der Waals surface area contributed by atoms with E-state index in [1.165, 1.54) is 0 Å². The summed E-state index contributed by atoms with van der Waals surface area (Å²) in [6.45, 7) is 10.0. The molecule has 0 saturated carbocycles. The average Bonchev–Trinajstić information content (AvgIpc) is 2.66. The molecular formula is C17H27N5O2. The zero-order valence-corrected chi connectivity index (χ0v) is 14.2. The van der Waals surface area contributed by atoms with Crippen LogP contribution in [0.5, 0.6) is 0 Å². The van der Waals surface area contributed by atoms with Gasteiger partial charge in [-0.1, -0.05) is 0 Å². The Morgan fingerprint density at radius 1 is 1.00 bits per heavy atom. The molecule has 0 bridgehead atoms. The van der Waals surface area contributed by atoms with Crippen molar-refractivity contribution in [2.24, 2.45) is 0 Å². The average molecular weight is 333 g/mol. The van der Waals surface area contributed by atoms with E-state index in [9.17, 15) is 4.79 Å². The largest absolute Gasteiger partial charge is 0.379 e. The molecule has 132 valence electrons. The van der Waals surface area contributed by atoms with Crippen LogP contribution in [0.1, 0.15) is 5.56 Å². The second-order valence-electron chi connectivity index (χ2n) is 6.30. The summed E-state index contributed by atoms with van der Waals surface area (Å²) >= 11 is 0. The molecular weight excluding hydrogens is 306 g/mol. The number of carbonyl (C=O) groups is 1. The van der Waals surface area contributed by atoms with Gasteiger partial charge in [0.15, 0.2) is 0 Å². The molecule has 1 aromatic rings. The number of hydrogen-bond acceptors (Lipinski definition) is 5. The first-order valence-electron chi connectivity index (χ1n) is 8.75. The van der Waals surface area contributed by atoms with Crippen LogP contribution in [0.2, 0.25) is 0 Å². The minimum absolute atomic E-state index is 0.0274. The normalized spacial score (nSPS) is 20.1. The maximum Gasteiger partial charge on any atom is 0.317 e. The maximum atomic E-state index is 12.2. The van der Waals surface area contributed by atoms with E-state index in [2.05, 4.69) is 20.1 Å². The molecule has 3 rings (SSSR count). The summed E-state index contributed by atoms with van der Waals surface area (Å²) in [7, 11) is 0. The summed E-state index contributed by atoms with van der Waals surface area (Å²) in [5, 5.41) is 2.99. The molecule has 0 unspecified atom stereocenters. The molecule has 7 nitrogen and oxygen atoms in total. The lowest BCUT2D eigenvalue weighted by Crippen LogP contribution is -2.53. The molecule has 7 heteroatoms. The molecule has 1 aromatic heterocycles. The monoisotopic (exact) mass is 333 g/mol. The van der Waals surface area contributed by atoms with Crippen LogP contribution in [0, 0.1) is 0 Å². The summed E-state index contributed by atoms with van der Waals surface area (Å²) < 4.78 is 5.38. The second-order valence-corrected chi connectivity index (χ2v) is 6.30. The Morgan fingerprint density at radius 2 is 1.62 bits per heavy atom. The summed E-state index contributed by atoms with van der Waals surface area (Å²) in [6.07, 6.45) is 3.49. The van der Waals surface area contributed by atoms with Gasteiger partial charge >= 0.3 is 6.03 Å². The standard InChI is InChI=1S/C17H27N5O2/c23-17(19-15-16-1-3-18-4-2-16)22-9-7-20(8-10-22)5-6-21-11-13-24-14-12-21/h1-4H,5-15H2,(H,19,23). The number of carbonyl (C=O) groups excluding carboxylic acids is 1. The molecule has 0 spiro atoms. The fourth-order valence-electron chi connectivity index (χ4n) is 3.07. The first-order valence-corrected chi connectivity index (χ1v) is 8.75. The second kappa shape index (κ2) is 8.96. The summed E-state index contributed by atoms with van der Waals surface area (Å²) in [6, 6.07) is 3.87. The first-order chi connectivity index (χ1) is 11.8. The van der Waals surface area contributed by atoms with Crippen LogP contribution in [0.3, 0.4) is 0 Å². The van der Waals surface area contributed by atoms with Crippen molar-refractivity contribution < 1.29 is 9.53 Å². The Morgan fingerprint density at radius 3 is 2.29 bits per heavy atom. The summed E-state index contributed by atoms with van der Waals surface area (Å²) in [5.74, 6) is 0. The van der Waals surface area contributed by atoms with Crippen molar-refractivity contribution in [3.8, 4) is 0 Å². The number of aromatic nitrogens is 1. The number of piperazine rings is 1. The summed E-state index contributed by atoms with van der Waals surface area (Å²) in [5.41, 5.74) is 1.07. The fraction of sp³-hybridized carbons (Fsp3) is 0.647. The highest BCUT2D eigenvalue weighted by Crippen LogP contribution is 2.04. The molecule has 2 saturated heterocycles. The lowest BCUT2D eigenvalue weighted by Gasteiger charge is -2.36. The number of amides is 2. The van der Waals surface area contributed by atoms with Crippen molar-refractivity contribution >= 4 is 6.03 Å². The number of morpholine rings is 1. The highest BCUT2D eigenvalue weighted by molar-refractivity contribution is 5.74. The predicted octanol–water partition coefficient (Wildman–Crippen LogP) is 0.241. The molecule has 24 heavy (non-hydrogen) atoms. The third kappa shape index (κ3) is 5.15. The van der Waals surface area contributed by atoms with E-state index in [0.29, 0.717) is 6.54 Å². The molecule has 0 atom stereocenters. The van der Waals surface area contributed by atoms with E-state index in [1.807, 2.05) is 17.0 Å². The number of nitrogens with zero attached hydrogens (tertiary/aromatic N) is 4. The Labute approximate surface area is 143 Å². The van der Waals surface area contributed by atoms with Crippen LogP contribution in [-0.4, -0.2) is 91.3 Å². The lowest BCUT2D eigenvalue weighted by atomic mass is 10.2. The van der Waals surface area contributed by atoms with Crippen LogP contribution >= 0.6 is 0 Å². The molecule has 0 aliphatic carbocycles. The molecule has 2 aliphatic rings. The van der Waals surface area contributed by atoms with Gasteiger partial charge in [0.05, 0.1) is 13.2 Å². The van der Waals surface area contributed by atoms with E-state index in [-0.39, 0.29) is 6.03 Å². The minimum atomic E-state index is 0.0274. The molecule has 2 aliphatic heterocycles. The van der Waals surface area contributed by atoms with Crippen LogP contribution in [-0.2, 0) is 11.3 Å². The van der Waals surface area contributed by atoms with Crippen LogP contribution in [0.4, 0.5) is 4.79 Å². The zero-order valence-electron chi connectivity index (χ0n) is 14.2. The van der Waals surface area contributed by atoms with Crippen molar-refractivity contribution in [1.82, 2.24) is 25.0 Å². The number of pyridine rings is 1. The van der Waals surface area contributed by atoms with Gasteiger partial charge in [0.25, 0.3) is 0 Å². The smallest absolute Gasteiger partial charge is 0.317 e. The van der Waals surface area contributed by atoms with Gasteiger partial charge < -0.3 is 15.0 Å². The van der Waals surface area contributed by atoms with Gasteiger partial charge in [-0.25, -0.2) is 4.79 Å². The van der Waals surface area contributed by atoms with Crippen molar-refractivity contribution in [2.75, 3.05) is 65.6 Å². The van der Waals surface area contributed by atoms with Crippen molar-refractivity contribution in [1.29, 1.82) is 0 Å². The Balaban J connectivity index is 1.33. The molecule has 1 N–H and O–H groups in total. The van der Waals surface area contributed by atoms with Gasteiger partial charge in [-0.15, -0.1) is 0 Å². The number of rotatable bonds is 5. The van der Waals surface area contributed by atoms with Gasteiger partial charge in [0.1, 0.15) is 0 Å². The third-order valence-electron chi connectivity index (χ3n) is 4.69. The van der Waals surface area contributed by atoms with Crippen LogP contribution in [0.25, 0.3) is 0 Å². The molecule has 2 amide bonds. The van der Waals surface area contributed by atoms with Crippen LogP contribution < -0.4 is 5.32 Å². The third-order valence-corrected chi connectivity index (χ3v) is 4.69.